The zero-order chi connectivity index (χ0) is 12.1. The second-order valence-electron chi connectivity index (χ2n) is 4.33. The van der Waals surface area contributed by atoms with Gasteiger partial charge in [-0.3, -0.25) is 10.2 Å². The predicted octanol–water partition coefficient (Wildman–Crippen LogP) is -2.22. The number of urea groups is 1. The van der Waals surface area contributed by atoms with Crippen LogP contribution < -0.4 is 16.0 Å². The summed E-state index contributed by atoms with van der Waals surface area (Å²) in [5.74, 6) is 0. The molecule has 0 aromatic rings. The Morgan fingerprint density at radius 2 is 2.12 bits per heavy atom. The Labute approximate surface area is 101 Å². The lowest BCUT2D eigenvalue weighted by atomic mass is 10.4. The van der Waals surface area contributed by atoms with E-state index in [-0.39, 0.29) is 6.03 Å². The lowest BCUT2D eigenvalue weighted by Gasteiger charge is -2.19. The number of hydrogen-bond acceptors (Lipinski definition) is 5. The number of hydrogen-bond donors (Lipinski definition) is 4. The van der Waals surface area contributed by atoms with Gasteiger partial charge in [0.2, 0.25) is 0 Å². The molecule has 4 N–H and O–H groups in total. The molecule has 2 amide bonds. The quantitative estimate of drug-likeness (QED) is 0.398. The van der Waals surface area contributed by atoms with Crippen LogP contribution in [0.4, 0.5) is 4.79 Å². The van der Waals surface area contributed by atoms with Crippen LogP contribution >= 0.6 is 0 Å². The first kappa shape index (κ1) is 12.6. The standard InChI is InChI=1S/C10H21N5O2/c16-9-12-3-7-14(9)5-1-11-2-6-15-8-4-13-10(15)17/h9,11-12,16H,1-8H2,(H,13,17). The van der Waals surface area contributed by atoms with Gasteiger partial charge >= 0.3 is 6.03 Å². The van der Waals surface area contributed by atoms with Gasteiger partial charge in [-0.25, -0.2) is 4.79 Å². The van der Waals surface area contributed by atoms with Gasteiger partial charge in [-0.15, -0.1) is 0 Å². The maximum absolute atomic E-state index is 11.2. The molecule has 0 radical (unpaired) electrons. The summed E-state index contributed by atoms with van der Waals surface area (Å²) in [6, 6.07) is 0.0333. The minimum Gasteiger partial charge on any atom is -0.365 e. The van der Waals surface area contributed by atoms with E-state index in [1.54, 1.807) is 4.90 Å². The fraction of sp³-hybridized carbons (Fsp3) is 0.900. The molecule has 0 aromatic carbocycles. The second-order valence-corrected chi connectivity index (χ2v) is 4.33. The van der Waals surface area contributed by atoms with Crippen LogP contribution in [0.25, 0.3) is 0 Å². The summed E-state index contributed by atoms with van der Waals surface area (Å²) in [5.41, 5.74) is 0. The molecule has 2 aliphatic heterocycles. The van der Waals surface area contributed by atoms with Gasteiger partial charge < -0.3 is 20.6 Å². The first-order chi connectivity index (χ1) is 8.27. The zero-order valence-electron chi connectivity index (χ0n) is 9.98. The number of aliphatic hydroxyl groups excluding tert-OH is 1. The summed E-state index contributed by atoms with van der Waals surface area (Å²) in [7, 11) is 0. The molecule has 0 bridgehead atoms. The largest absolute Gasteiger partial charge is 0.365 e. The van der Waals surface area contributed by atoms with E-state index in [9.17, 15) is 9.90 Å². The van der Waals surface area contributed by atoms with E-state index in [1.165, 1.54) is 0 Å². The lowest BCUT2D eigenvalue weighted by molar-refractivity contribution is 0.0230. The summed E-state index contributed by atoms with van der Waals surface area (Å²) >= 11 is 0. The number of nitrogens with zero attached hydrogens (tertiary/aromatic N) is 2. The molecule has 0 aliphatic carbocycles. The molecule has 98 valence electrons. The number of nitrogens with one attached hydrogen (secondary N) is 3. The van der Waals surface area contributed by atoms with Crippen LogP contribution in [0.3, 0.4) is 0 Å². The third-order valence-corrected chi connectivity index (χ3v) is 3.15. The van der Waals surface area contributed by atoms with E-state index in [2.05, 4.69) is 16.0 Å². The van der Waals surface area contributed by atoms with Gasteiger partial charge in [0.05, 0.1) is 0 Å². The highest BCUT2D eigenvalue weighted by atomic mass is 16.3. The molecule has 7 heteroatoms. The average molecular weight is 243 g/mol. The van der Waals surface area contributed by atoms with Crippen molar-refractivity contribution >= 4 is 6.03 Å². The first-order valence-electron chi connectivity index (χ1n) is 6.16. The zero-order valence-corrected chi connectivity index (χ0v) is 9.98. The highest BCUT2D eigenvalue weighted by molar-refractivity contribution is 5.76. The Hall–Kier alpha value is -0.890. The van der Waals surface area contributed by atoms with Gasteiger partial charge in [0.1, 0.15) is 0 Å². The van der Waals surface area contributed by atoms with Crippen LogP contribution in [0.1, 0.15) is 0 Å². The van der Waals surface area contributed by atoms with E-state index in [4.69, 9.17) is 0 Å². The minimum atomic E-state index is -0.499. The van der Waals surface area contributed by atoms with Crippen molar-refractivity contribution in [1.29, 1.82) is 0 Å². The normalized spacial score (nSPS) is 25.6. The van der Waals surface area contributed by atoms with Crippen molar-refractivity contribution < 1.29 is 9.90 Å². The van der Waals surface area contributed by atoms with Crippen LogP contribution in [0.2, 0.25) is 0 Å². The Kier molecular flexibility index (Phi) is 4.55. The number of carbonyl (C=O) groups is 1. The maximum atomic E-state index is 11.2. The van der Waals surface area contributed by atoms with Crippen molar-refractivity contribution in [2.45, 2.75) is 6.35 Å². The number of aliphatic hydroxyl groups is 1. The second kappa shape index (κ2) is 6.15. The monoisotopic (exact) mass is 243 g/mol. The highest BCUT2D eigenvalue weighted by Crippen LogP contribution is 1.98. The van der Waals surface area contributed by atoms with Gasteiger partial charge in [0, 0.05) is 52.4 Å². The first-order valence-corrected chi connectivity index (χ1v) is 6.16. The molecule has 2 aliphatic rings. The maximum Gasteiger partial charge on any atom is 0.317 e. The molecule has 7 nitrogen and oxygen atoms in total. The summed E-state index contributed by atoms with van der Waals surface area (Å²) in [6.07, 6.45) is -0.499. The summed E-state index contributed by atoms with van der Waals surface area (Å²) in [5, 5.41) is 18.5. The van der Waals surface area contributed by atoms with E-state index in [0.29, 0.717) is 0 Å². The molecule has 0 aromatic heterocycles. The average Bonchev–Trinajstić information content (AvgIpc) is 2.89. The fourth-order valence-corrected chi connectivity index (χ4v) is 2.11. The van der Waals surface area contributed by atoms with E-state index in [1.807, 2.05) is 4.90 Å². The summed E-state index contributed by atoms with van der Waals surface area (Å²) in [4.78, 5) is 15.0. The van der Waals surface area contributed by atoms with E-state index in [0.717, 1.165) is 52.4 Å². The van der Waals surface area contributed by atoms with E-state index < -0.39 is 6.35 Å². The predicted molar refractivity (Wildman–Crippen MR) is 63.4 cm³/mol. The summed E-state index contributed by atoms with van der Waals surface area (Å²) < 4.78 is 0. The smallest absolute Gasteiger partial charge is 0.317 e. The summed E-state index contributed by atoms with van der Waals surface area (Å²) in [6.45, 7) is 6.47. The van der Waals surface area contributed by atoms with Crippen LogP contribution in [-0.2, 0) is 0 Å². The van der Waals surface area contributed by atoms with Crippen LogP contribution in [-0.4, -0.2) is 79.6 Å². The Morgan fingerprint density at radius 1 is 1.29 bits per heavy atom. The molecule has 0 spiro atoms. The van der Waals surface area contributed by atoms with Crippen LogP contribution in [0.15, 0.2) is 0 Å². The molecular weight excluding hydrogens is 222 g/mol. The minimum absolute atomic E-state index is 0.0333. The Balaban J connectivity index is 1.50. The van der Waals surface area contributed by atoms with Crippen molar-refractivity contribution in [2.75, 3.05) is 52.4 Å². The molecular formula is C10H21N5O2. The molecule has 2 saturated heterocycles. The van der Waals surface area contributed by atoms with E-state index >= 15 is 0 Å². The number of amides is 2. The van der Waals surface area contributed by atoms with Crippen molar-refractivity contribution in [3.63, 3.8) is 0 Å². The van der Waals surface area contributed by atoms with Gasteiger partial charge in [0.25, 0.3) is 0 Å². The van der Waals surface area contributed by atoms with Gasteiger partial charge in [-0.1, -0.05) is 0 Å². The molecule has 0 saturated carbocycles. The molecule has 2 fully saturated rings. The van der Waals surface area contributed by atoms with Crippen LogP contribution in [0.5, 0.6) is 0 Å². The third kappa shape index (κ3) is 3.53. The topological polar surface area (TPSA) is 79.9 Å². The molecule has 2 rings (SSSR count). The van der Waals surface area contributed by atoms with Gasteiger partial charge in [-0.05, 0) is 0 Å². The van der Waals surface area contributed by atoms with Crippen molar-refractivity contribution in [3.8, 4) is 0 Å². The van der Waals surface area contributed by atoms with Crippen molar-refractivity contribution in [3.05, 3.63) is 0 Å². The molecule has 2 heterocycles. The SMILES string of the molecule is O=C1NCCN1CCNCCN1CCNC1O. The Bertz CT molecular complexity index is 263. The van der Waals surface area contributed by atoms with Crippen LogP contribution in [0, 0.1) is 0 Å². The highest BCUT2D eigenvalue weighted by Gasteiger charge is 2.20. The van der Waals surface area contributed by atoms with Gasteiger partial charge in [-0.2, -0.15) is 0 Å². The van der Waals surface area contributed by atoms with Crippen molar-refractivity contribution in [2.24, 2.45) is 0 Å². The van der Waals surface area contributed by atoms with Gasteiger partial charge in [0.15, 0.2) is 6.35 Å². The molecule has 1 atom stereocenters. The Morgan fingerprint density at radius 3 is 2.76 bits per heavy atom. The van der Waals surface area contributed by atoms with Crippen molar-refractivity contribution in [1.82, 2.24) is 25.8 Å². The number of carbonyl (C=O) groups excluding carboxylic acids is 1. The fourth-order valence-electron chi connectivity index (χ4n) is 2.11. The lowest BCUT2D eigenvalue weighted by Crippen LogP contribution is -2.41. The number of rotatable bonds is 6. The molecule has 17 heavy (non-hydrogen) atoms. The third-order valence-electron chi connectivity index (χ3n) is 3.15. The molecule has 1 unspecified atom stereocenters.